The average molecular weight is 290 g/mol. The van der Waals surface area contributed by atoms with Crippen LogP contribution in [-0.4, -0.2) is 22.5 Å². The number of hydrogen-bond donors (Lipinski definition) is 3. The summed E-state index contributed by atoms with van der Waals surface area (Å²) in [5.41, 5.74) is 5.44. The van der Waals surface area contributed by atoms with Crippen molar-refractivity contribution in [3.63, 3.8) is 0 Å². The number of nitrogens with two attached hydrogens (primary N) is 1. The van der Waals surface area contributed by atoms with Gasteiger partial charge in [-0.2, -0.15) is 0 Å². The molecule has 0 heterocycles. The molecule has 1 fully saturated rings. The van der Waals surface area contributed by atoms with E-state index in [-0.39, 0.29) is 5.92 Å². The highest BCUT2D eigenvalue weighted by molar-refractivity contribution is 5.90. The molecular formula is C16H22N2O3. The molecule has 0 aromatic heterocycles. The molecule has 0 saturated heterocycles. The lowest BCUT2D eigenvalue weighted by Gasteiger charge is -2.37. The highest BCUT2D eigenvalue weighted by Gasteiger charge is 2.43. The van der Waals surface area contributed by atoms with Gasteiger partial charge in [-0.05, 0) is 24.3 Å². The van der Waals surface area contributed by atoms with Crippen LogP contribution < -0.4 is 11.1 Å². The molecule has 1 saturated carbocycles. The molecule has 114 valence electrons. The Morgan fingerprint density at radius 3 is 2.62 bits per heavy atom. The van der Waals surface area contributed by atoms with Gasteiger partial charge in [0.05, 0.1) is 0 Å². The van der Waals surface area contributed by atoms with Gasteiger partial charge >= 0.3 is 5.97 Å². The van der Waals surface area contributed by atoms with E-state index in [0.29, 0.717) is 18.4 Å². The Labute approximate surface area is 124 Å². The van der Waals surface area contributed by atoms with Gasteiger partial charge in [0.25, 0.3) is 0 Å². The molecule has 5 heteroatoms. The highest BCUT2D eigenvalue weighted by atomic mass is 16.4. The fourth-order valence-electron chi connectivity index (χ4n) is 3.04. The molecule has 5 nitrogen and oxygen atoms in total. The number of carbonyl (C=O) groups is 2. The fourth-order valence-corrected chi connectivity index (χ4v) is 3.04. The number of carboxylic acids is 1. The van der Waals surface area contributed by atoms with Crippen molar-refractivity contribution in [2.24, 2.45) is 11.7 Å². The number of hydrogen-bond acceptors (Lipinski definition) is 3. The smallest absolute Gasteiger partial charge is 0.329 e. The maximum atomic E-state index is 12.3. The summed E-state index contributed by atoms with van der Waals surface area (Å²) in [6.45, 7) is 2.01. The third-order valence-corrected chi connectivity index (χ3v) is 4.21. The molecular weight excluding hydrogens is 268 g/mol. The van der Waals surface area contributed by atoms with Crippen LogP contribution in [0.25, 0.3) is 0 Å². The topological polar surface area (TPSA) is 92.4 Å². The Balaban J connectivity index is 2.14. The van der Waals surface area contributed by atoms with Crippen molar-refractivity contribution in [1.29, 1.82) is 0 Å². The van der Waals surface area contributed by atoms with Crippen LogP contribution in [0.2, 0.25) is 0 Å². The Morgan fingerprint density at radius 2 is 2.05 bits per heavy atom. The zero-order chi connectivity index (χ0) is 15.5. The first-order valence-electron chi connectivity index (χ1n) is 7.30. The van der Waals surface area contributed by atoms with Crippen molar-refractivity contribution in [3.05, 3.63) is 35.9 Å². The molecule has 0 radical (unpaired) electrons. The number of amides is 1. The Kier molecular flexibility index (Phi) is 4.63. The molecule has 1 aliphatic rings. The summed E-state index contributed by atoms with van der Waals surface area (Å²) < 4.78 is 0. The number of rotatable bonds is 4. The van der Waals surface area contributed by atoms with E-state index in [9.17, 15) is 14.7 Å². The monoisotopic (exact) mass is 290 g/mol. The first-order chi connectivity index (χ1) is 9.94. The lowest BCUT2D eigenvalue weighted by Crippen LogP contribution is -2.58. The van der Waals surface area contributed by atoms with E-state index in [0.717, 1.165) is 12.8 Å². The molecule has 2 unspecified atom stereocenters. The molecule has 3 atom stereocenters. The van der Waals surface area contributed by atoms with Crippen LogP contribution in [0.1, 0.15) is 44.2 Å². The molecule has 1 amide bonds. The Morgan fingerprint density at radius 1 is 1.38 bits per heavy atom. The summed E-state index contributed by atoms with van der Waals surface area (Å²) in [7, 11) is 0. The summed E-state index contributed by atoms with van der Waals surface area (Å²) in [4.78, 5) is 24.0. The summed E-state index contributed by atoms with van der Waals surface area (Å²) in [5, 5.41) is 12.2. The normalized spacial score (nSPS) is 26.9. The predicted molar refractivity (Wildman–Crippen MR) is 79.5 cm³/mol. The van der Waals surface area contributed by atoms with E-state index in [1.807, 2.05) is 13.0 Å². The van der Waals surface area contributed by atoms with Gasteiger partial charge < -0.3 is 16.2 Å². The summed E-state index contributed by atoms with van der Waals surface area (Å²) in [6.07, 6.45) is 2.71. The maximum absolute atomic E-state index is 12.3. The number of carbonyl (C=O) groups excluding carboxylic acids is 1. The third-order valence-electron chi connectivity index (χ3n) is 4.21. The van der Waals surface area contributed by atoms with Gasteiger partial charge in [-0.25, -0.2) is 4.79 Å². The summed E-state index contributed by atoms with van der Waals surface area (Å²) >= 11 is 0. The lowest BCUT2D eigenvalue weighted by atomic mass is 9.76. The van der Waals surface area contributed by atoms with Crippen molar-refractivity contribution in [3.8, 4) is 0 Å². The molecule has 2 rings (SSSR count). The first kappa shape index (κ1) is 15.5. The van der Waals surface area contributed by atoms with Gasteiger partial charge in [-0.15, -0.1) is 0 Å². The fraction of sp³-hybridized carbons (Fsp3) is 0.500. The van der Waals surface area contributed by atoms with Crippen LogP contribution in [-0.2, 0) is 9.59 Å². The molecule has 0 aliphatic heterocycles. The van der Waals surface area contributed by atoms with Crippen molar-refractivity contribution < 1.29 is 14.7 Å². The van der Waals surface area contributed by atoms with E-state index < -0.39 is 23.5 Å². The molecule has 1 aliphatic carbocycles. The van der Waals surface area contributed by atoms with Crippen LogP contribution in [0.15, 0.2) is 30.3 Å². The van der Waals surface area contributed by atoms with Crippen molar-refractivity contribution in [2.75, 3.05) is 0 Å². The maximum Gasteiger partial charge on any atom is 0.329 e. The minimum absolute atomic E-state index is 0.281. The minimum Gasteiger partial charge on any atom is -0.480 e. The van der Waals surface area contributed by atoms with Crippen LogP contribution >= 0.6 is 0 Å². The number of aliphatic carboxylic acids is 1. The van der Waals surface area contributed by atoms with Gasteiger partial charge in [0, 0.05) is 0 Å². The number of benzene rings is 1. The summed E-state index contributed by atoms with van der Waals surface area (Å²) in [5.74, 6) is -1.12. The second kappa shape index (κ2) is 6.26. The zero-order valence-corrected chi connectivity index (χ0v) is 12.2. The van der Waals surface area contributed by atoms with Gasteiger partial charge in [0.15, 0.2) is 0 Å². The number of nitrogens with one attached hydrogen (secondary N) is 1. The quantitative estimate of drug-likeness (QED) is 0.789. The van der Waals surface area contributed by atoms with E-state index >= 15 is 0 Å². The van der Waals surface area contributed by atoms with Gasteiger partial charge in [-0.3, -0.25) is 4.79 Å². The zero-order valence-electron chi connectivity index (χ0n) is 12.2. The van der Waals surface area contributed by atoms with Crippen LogP contribution in [0.4, 0.5) is 0 Å². The molecule has 4 N–H and O–H groups in total. The highest BCUT2D eigenvalue weighted by Crippen LogP contribution is 2.33. The first-order valence-corrected chi connectivity index (χ1v) is 7.30. The lowest BCUT2D eigenvalue weighted by molar-refractivity contribution is -0.150. The molecule has 1 aromatic rings. The SMILES string of the molecule is CC1CCCC(NC(=O)[C@H](N)c2ccccc2)(C(=O)O)C1. The largest absolute Gasteiger partial charge is 0.480 e. The second-order valence-electron chi connectivity index (χ2n) is 5.97. The molecule has 1 aromatic carbocycles. The molecule has 0 bridgehead atoms. The van der Waals surface area contributed by atoms with E-state index in [1.165, 1.54) is 0 Å². The molecule has 0 spiro atoms. The van der Waals surface area contributed by atoms with Crippen LogP contribution in [0, 0.1) is 5.92 Å². The van der Waals surface area contributed by atoms with Crippen molar-refractivity contribution in [2.45, 2.75) is 44.2 Å². The van der Waals surface area contributed by atoms with Crippen LogP contribution in [0.3, 0.4) is 0 Å². The Bertz CT molecular complexity index is 518. The van der Waals surface area contributed by atoms with E-state index in [4.69, 9.17) is 5.73 Å². The standard InChI is InChI=1S/C16H22N2O3/c1-11-6-5-9-16(10-11,15(20)21)18-14(19)13(17)12-7-3-2-4-8-12/h2-4,7-8,11,13H,5-6,9-10,17H2,1H3,(H,18,19)(H,20,21)/t11?,13-,16?/m1/s1. The average Bonchev–Trinajstić information content (AvgIpc) is 2.47. The minimum atomic E-state index is -1.18. The van der Waals surface area contributed by atoms with Crippen molar-refractivity contribution >= 4 is 11.9 Å². The second-order valence-corrected chi connectivity index (χ2v) is 5.97. The number of carboxylic acid groups (broad SMARTS) is 1. The summed E-state index contributed by atoms with van der Waals surface area (Å²) in [6, 6.07) is 8.13. The van der Waals surface area contributed by atoms with E-state index in [1.54, 1.807) is 24.3 Å². The van der Waals surface area contributed by atoms with Gasteiger partial charge in [0.2, 0.25) is 5.91 Å². The third kappa shape index (κ3) is 3.42. The Hall–Kier alpha value is -1.88. The van der Waals surface area contributed by atoms with Gasteiger partial charge in [-0.1, -0.05) is 50.1 Å². The predicted octanol–water partition coefficient (Wildman–Crippen LogP) is 1.84. The van der Waals surface area contributed by atoms with Crippen LogP contribution in [0.5, 0.6) is 0 Å². The van der Waals surface area contributed by atoms with Crippen molar-refractivity contribution in [1.82, 2.24) is 5.32 Å². The van der Waals surface area contributed by atoms with E-state index in [2.05, 4.69) is 5.32 Å². The van der Waals surface area contributed by atoms with Gasteiger partial charge in [0.1, 0.15) is 11.6 Å². The molecule has 21 heavy (non-hydrogen) atoms.